The Labute approximate surface area is 140 Å². The summed E-state index contributed by atoms with van der Waals surface area (Å²) in [6.07, 6.45) is 5.55. The summed E-state index contributed by atoms with van der Waals surface area (Å²) in [4.78, 5) is 22.9. The van der Waals surface area contributed by atoms with Gasteiger partial charge >= 0.3 is 0 Å². The first-order chi connectivity index (χ1) is 11.0. The van der Waals surface area contributed by atoms with E-state index in [1.54, 1.807) is 4.90 Å². The molecule has 2 aliphatic heterocycles. The van der Waals surface area contributed by atoms with Crippen LogP contribution in [0.5, 0.6) is 0 Å². The number of nitrogens with zero attached hydrogens (tertiary/aromatic N) is 4. The van der Waals surface area contributed by atoms with Gasteiger partial charge in [-0.1, -0.05) is 6.92 Å². The van der Waals surface area contributed by atoms with Gasteiger partial charge in [-0.3, -0.25) is 14.7 Å². The predicted molar refractivity (Wildman–Crippen MR) is 94.4 cm³/mol. The fourth-order valence-corrected chi connectivity index (χ4v) is 3.64. The first-order valence-corrected chi connectivity index (χ1v) is 8.99. The molecular weight excluding hydrogens is 290 g/mol. The Bertz CT molecular complexity index is 423. The highest BCUT2D eigenvalue weighted by atomic mass is 16.2. The number of carbonyl (C=O) groups excluding carboxylic acids is 1. The van der Waals surface area contributed by atoms with Crippen molar-refractivity contribution in [3.8, 4) is 0 Å². The molecule has 2 heterocycles. The lowest BCUT2D eigenvalue weighted by atomic mass is 10.0. The zero-order valence-electron chi connectivity index (χ0n) is 15.0. The summed E-state index contributed by atoms with van der Waals surface area (Å²) in [6, 6.07) is 0.0641. The van der Waals surface area contributed by atoms with E-state index in [-0.39, 0.29) is 11.9 Å². The quantitative estimate of drug-likeness (QED) is 0.465. The van der Waals surface area contributed by atoms with E-state index in [1.165, 1.54) is 12.8 Å². The molecule has 0 bridgehead atoms. The lowest BCUT2D eigenvalue weighted by molar-refractivity contribution is -0.133. The second kappa shape index (κ2) is 8.52. The summed E-state index contributed by atoms with van der Waals surface area (Å²) < 4.78 is 0. The molecule has 0 aliphatic carbocycles. The maximum absolute atomic E-state index is 12.2. The third kappa shape index (κ3) is 5.09. The van der Waals surface area contributed by atoms with Gasteiger partial charge < -0.3 is 15.5 Å². The van der Waals surface area contributed by atoms with Crippen molar-refractivity contribution in [3.05, 3.63) is 0 Å². The largest absolute Gasteiger partial charge is 0.370 e. The van der Waals surface area contributed by atoms with Gasteiger partial charge in [-0.15, -0.1) is 0 Å². The molecule has 0 aromatic carbocycles. The van der Waals surface area contributed by atoms with E-state index in [0.717, 1.165) is 52.0 Å². The van der Waals surface area contributed by atoms with Crippen molar-refractivity contribution >= 4 is 11.9 Å². The standard InChI is InChI=1S/C17H33N5O/c1-14-7-4-11-22(13-14)17(18)19-9-6-12-21-10-5-8-15(21)16(23)20(2)3/h14-15H,4-13H2,1-3H3,(H2,18,19). The van der Waals surface area contributed by atoms with E-state index in [0.29, 0.717) is 11.9 Å². The first kappa shape index (κ1) is 18.0. The van der Waals surface area contributed by atoms with Crippen molar-refractivity contribution in [2.24, 2.45) is 16.6 Å². The van der Waals surface area contributed by atoms with E-state index in [1.807, 2.05) is 14.1 Å². The molecule has 23 heavy (non-hydrogen) atoms. The second-order valence-corrected chi connectivity index (χ2v) is 7.21. The maximum Gasteiger partial charge on any atom is 0.239 e. The van der Waals surface area contributed by atoms with Gasteiger partial charge in [0.15, 0.2) is 5.96 Å². The lowest BCUT2D eigenvalue weighted by Gasteiger charge is -2.31. The number of likely N-dealkylation sites (N-methyl/N-ethyl adjacent to an activating group) is 1. The van der Waals surface area contributed by atoms with E-state index in [4.69, 9.17) is 5.73 Å². The Hall–Kier alpha value is -1.30. The Balaban J connectivity index is 1.73. The van der Waals surface area contributed by atoms with Gasteiger partial charge in [-0.05, 0) is 44.6 Å². The highest BCUT2D eigenvalue weighted by molar-refractivity contribution is 5.81. The molecular formula is C17H33N5O. The first-order valence-electron chi connectivity index (χ1n) is 8.99. The molecule has 2 fully saturated rings. The number of rotatable bonds is 5. The van der Waals surface area contributed by atoms with Crippen LogP contribution in [0.4, 0.5) is 0 Å². The van der Waals surface area contributed by atoms with Crippen LogP contribution in [0.3, 0.4) is 0 Å². The summed E-state index contributed by atoms with van der Waals surface area (Å²) in [6.45, 7) is 7.03. The number of hydrogen-bond acceptors (Lipinski definition) is 3. The van der Waals surface area contributed by atoms with Crippen molar-refractivity contribution in [2.45, 2.75) is 45.1 Å². The molecule has 0 aromatic rings. The van der Waals surface area contributed by atoms with Crippen LogP contribution in [0.15, 0.2) is 4.99 Å². The number of hydrogen-bond donors (Lipinski definition) is 1. The monoisotopic (exact) mass is 323 g/mol. The van der Waals surface area contributed by atoms with Gasteiger partial charge in [0.2, 0.25) is 5.91 Å². The Kier molecular flexibility index (Phi) is 6.69. The van der Waals surface area contributed by atoms with Crippen molar-refractivity contribution in [2.75, 3.05) is 46.8 Å². The number of guanidine groups is 1. The van der Waals surface area contributed by atoms with E-state index in [2.05, 4.69) is 21.7 Å². The van der Waals surface area contributed by atoms with Crippen LogP contribution in [0.1, 0.15) is 39.0 Å². The Morgan fingerprint density at radius 1 is 1.26 bits per heavy atom. The van der Waals surface area contributed by atoms with Crippen molar-refractivity contribution in [1.82, 2.24) is 14.7 Å². The number of aliphatic imine (C=N–C) groups is 1. The molecule has 6 nitrogen and oxygen atoms in total. The molecule has 2 atom stereocenters. The topological polar surface area (TPSA) is 65.2 Å². The van der Waals surface area contributed by atoms with Gasteiger partial charge in [0.25, 0.3) is 0 Å². The van der Waals surface area contributed by atoms with Crippen LogP contribution < -0.4 is 5.73 Å². The molecule has 0 aromatic heterocycles. The molecule has 0 spiro atoms. The minimum atomic E-state index is 0.0641. The number of piperidine rings is 1. The van der Waals surface area contributed by atoms with Crippen LogP contribution in [0, 0.1) is 5.92 Å². The van der Waals surface area contributed by atoms with Gasteiger partial charge in [-0.25, -0.2) is 0 Å². The van der Waals surface area contributed by atoms with Crippen LogP contribution in [0.2, 0.25) is 0 Å². The predicted octanol–water partition coefficient (Wildman–Crippen LogP) is 0.976. The van der Waals surface area contributed by atoms with Gasteiger partial charge in [-0.2, -0.15) is 0 Å². The number of likely N-dealkylation sites (tertiary alicyclic amines) is 2. The normalized spacial score (nSPS) is 26.6. The molecule has 2 saturated heterocycles. The summed E-state index contributed by atoms with van der Waals surface area (Å²) >= 11 is 0. The van der Waals surface area contributed by atoms with Crippen molar-refractivity contribution in [1.29, 1.82) is 0 Å². The zero-order chi connectivity index (χ0) is 16.8. The molecule has 132 valence electrons. The van der Waals surface area contributed by atoms with Crippen LogP contribution in [-0.4, -0.2) is 79.4 Å². The number of carbonyl (C=O) groups is 1. The van der Waals surface area contributed by atoms with E-state index in [9.17, 15) is 4.79 Å². The maximum atomic E-state index is 12.2. The molecule has 2 N–H and O–H groups in total. The fourth-order valence-electron chi connectivity index (χ4n) is 3.64. The second-order valence-electron chi connectivity index (χ2n) is 7.21. The minimum absolute atomic E-state index is 0.0641. The van der Waals surface area contributed by atoms with Crippen LogP contribution in [-0.2, 0) is 4.79 Å². The van der Waals surface area contributed by atoms with Crippen molar-refractivity contribution < 1.29 is 4.79 Å². The van der Waals surface area contributed by atoms with E-state index >= 15 is 0 Å². The molecule has 2 unspecified atom stereocenters. The average Bonchev–Trinajstić information content (AvgIpc) is 2.98. The third-order valence-corrected chi connectivity index (χ3v) is 4.95. The van der Waals surface area contributed by atoms with Crippen LogP contribution in [0.25, 0.3) is 0 Å². The molecule has 1 amide bonds. The third-order valence-electron chi connectivity index (χ3n) is 4.95. The summed E-state index contributed by atoms with van der Waals surface area (Å²) in [5.74, 6) is 1.63. The smallest absolute Gasteiger partial charge is 0.239 e. The number of amides is 1. The minimum Gasteiger partial charge on any atom is -0.370 e. The summed E-state index contributed by atoms with van der Waals surface area (Å²) in [7, 11) is 3.67. The van der Waals surface area contributed by atoms with Gasteiger partial charge in [0, 0.05) is 40.3 Å². The summed E-state index contributed by atoms with van der Waals surface area (Å²) in [5, 5.41) is 0. The molecule has 2 aliphatic rings. The lowest BCUT2D eigenvalue weighted by Crippen LogP contribution is -2.44. The van der Waals surface area contributed by atoms with Gasteiger partial charge in [0.1, 0.15) is 0 Å². The van der Waals surface area contributed by atoms with Crippen molar-refractivity contribution in [3.63, 3.8) is 0 Å². The SMILES string of the molecule is CC1CCCN(C(N)=NCCCN2CCCC2C(=O)N(C)C)C1. The highest BCUT2D eigenvalue weighted by Gasteiger charge is 2.30. The average molecular weight is 323 g/mol. The number of nitrogens with two attached hydrogens (primary N) is 1. The fraction of sp³-hybridized carbons (Fsp3) is 0.882. The summed E-state index contributed by atoms with van der Waals surface area (Å²) in [5.41, 5.74) is 6.12. The Morgan fingerprint density at radius 3 is 2.70 bits per heavy atom. The van der Waals surface area contributed by atoms with E-state index < -0.39 is 0 Å². The molecule has 0 radical (unpaired) electrons. The Morgan fingerprint density at radius 2 is 2.00 bits per heavy atom. The highest BCUT2D eigenvalue weighted by Crippen LogP contribution is 2.19. The molecule has 0 saturated carbocycles. The molecule has 2 rings (SSSR count). The van der Waals surface area contributed by atoms with Gasteiger partial charge in [0.05, 0.1) is 6.04 Å². The molecule has 6 heteroatoms. The zero-order valence-corrected chi connectivity index (χ0v) is 15.0. The van der Waals surface area contributed by atoms with Crippen LogP contribution >= 0.6 is 0 Å².